The molecule has 2 heterocycles. The molecular weight excluding hydrogens is 378 g/mol. The standard InChI is InChI=1S/C24H31N3O3/c28-22(12-15-27-23(29)20-6-2-3-7-21(20)24(27)30)25-16-18-8-10-19(11-9-18)17-26-13-4-1-5-14-26/h2-3,8-11,20-21H,1,4-7,12-17H2,(H,25,28)/t20-,21+. The van der Waals surface area contributed by atoms with Crippen molar-refractivity contribution in [1.29, 1.82) is 0 Å². The fourth-order valence-corrected chi connectivity index (χ4v) is 4.73. The van der Waals surface area contributed by atoms with Crippen molar-refractivity contribution in [2.24, 2.45) is 11.8 Å². The van der Waals surface area contributed by atoms with E-state index in [4.69, 9.17) is 0 Å². The number of hydrogen-bond acceptors (Lipinski definition) is 4. The van der Waals surface area contributed by atoms with Crippen molar-refractivity contribution in [2.75, 3.05) is 19.6 Å². The summed E-state index contributed by atoms with van der Waals surface area (Å²) in [5, 5.41) is 2.91. The average molecular weight is 410 g/mol. The molecule has 1 aromatic carbocycles. The van der Waals surface area contributed by atoms with Crippen LogP contribution >= 0.6 is 0 Å². The third-order valence-electron chi connectivity index (χ3n) is 6.53. The molecule has 2 saturated heterocycles. The minimum atomic E-state index is -0.228. The summed E-state index contributed by atoms with van der Waals surface area (Å²) in [6.45, 7) is 3.98. The van der Waals surface area contributed by atoms with Gasteiger partial charge in [0, 0.05) is 26.1 Å². The number of rotatable bonds is 7. The molecular formula is C24H31N3O3. The number of likely N-dealkylation sites (tertiary alicyclic amines) is 2. The number of imide groups is 1. The predicted molar refractivity (Wildman–Crippen MR) is 114 cm³/mol. The third kappa shape index (κ3) is 4.81. The quantitative estimate of drug-likeness (QED) is 0.555. The Bertz CT molecular complexity index is 785. The molecule has 0 unspecified atom stereocenters. The number of piperidine rings is 1. The second-order valence-corrected chi connectivity index (χ2v) is 8.66. The minimum Gasteiger partial charge on any atom is -0.352 e. The molecule has 0 spiro atoms. The highest BCUT2D eigenvalue weighted by Gasteiger charge is 2.46. The van der Waals surface area contributed by atoms with E-state index in [0.29, 0.717) is 19.4 Å². The van der Waals surface area contributed by atoms with Gasteiger partial charge in [-0.15, -0.1) is 0 Å². The highest BCUT2D eigenvalue weighted by atomic mass is 16.2. The topological polar surface area (TPSA) is 69.7 Å². The first-order valence-electron chi connectivity index (χ1n) is 11.2. The molecule has 6 nitrogen and oxygen atoms in total. The maximum absolute atomic E-state index is 12.5. The van der Waals surface area contributed by atoms with Crippen LogP contribution in [-0.4, -0.2) is 47.2 Å². The fraction of sp³-hybridized carbons (Fsp3) is 0.542. The SMILES string of the molecule is O=C(CCN1C(=O)[C@H]2CC=CC[C@H]2C1=O)NCc1ccc(CN2CCCCC2)cc1. The van der Waals surface area contributed by atoms with Crippen LogP contribution in [0.15, 0.2) is 36.4 Å². The van der Waals surface area contributed by atoms with Crippen LogP contribution in [0.25, 0.3) is 0 Å². The Balaban J connectivity index is 1.20. The molecule has 2 aliphatic heterocycles. The number of allylic oxidation sites excluding steroid dienone is 2. The lowest BCUT2D eigenvalue weighted by Crippen LogP contribution is -2.35. The highest BCUT2D eigenvalue weighted by molar-refractivity contribution is 6.05. The molecule has 1 aliphatic carbocycles. The van der Waals surface area contributed by atoms with Crippen molar-refractivity contribution in [3.8, 4) is 0 Å². The number of hydrogen-bond donors (Lipinski definition) is 1. The summed E-state index contributed by atoms with van der Waals surface area (Å²) in [5.74, 6) is -0.832. The summed E-state index contributed by atoms with van der Waals surface area (Å²) in [7, 11) is 0. The zero-order chi connectivity index (χ0) is 20.9. The number of carbonyl (C=O) groups excluding carboxylic acids is 3. The first-order chi connectivity index (χ1) is 14.6. The van der Waals surface area contributed by atoms with Gasteiger partial charge in [-0.05, 0) is 49.9 Å². The van der Waals surface area contributed by atoms with E-state index in [9.17, 15) is 14.4 Å². The van der Waals surface area contributed by atoms with Gasteiger partial charge in [-0.2, -0.15) is 0 Å². The fourth-order valence-electron chi connectivity index (χ4n) is 4.73. The Kier molecular flexibility index (Phi) is 6.62. The van der Waals surface area contributed by atoms with Gasteiger partial charge in [0.15, 0.2) is 0 Å². The second kappa shape index (κ2) is 9.56. The van der Waals surface area contributed by atoms with Gasteiger partial charge < -0.3 is 5.32 Å². The van der Waals surface area contributed by atoms with Crippen LogP contribution in [-0.2, 0) is 27.5 Å². The van der Waals surface area contributed by atoms with E-state index in [1.54, 1.807) is 0 Å². The van der Waals surface area contributed by atoms with E-state index in [2.05, 4.69) is 34.5 Å². The van der Waals surface area contributed by atoms with Crippen molar-refractivity contribution in [1.82, 2.24) is 15.1 Å². The number of nitrogens with one attached hydrogen (secondary N) is 1. The number of nitrogens with zero attached hydrogens (tertiary/aromatic N) is 2. The molecule has 160 valence electrons. The summed E-state index contributed by atoms with van der Waals surface area (Å²) in [4.78, 5) is 40.9. The zero-order valence-electron chi connectivity index (χ0n) is 17.5. The van der Waals surface area contributed by atoms with E-state index in [0.717, 1.165) is 12.1 Å². The van der Waals surface area contributed by atoms with E-state index >= 15 is 0 Å². The maximum atomic E-state index is 12.5. The zero-order valence-corrected chi connectivity index (χ0v) is 17.5. The van der Waals surface area contributed by atoms with Gasteiger partial charge in [0.2, 0.25) is 17.7 Å². The summed E-state index contributed by atoms with van der Waals surface area (Å²) in [6, 6.07) is 8.39. The van der Waals surface area contributed by atoms with Gasteiger partial charge in [0.05, 0.1) is 11.8 Å². The van der Waals surface area contributed by atoms with Crippen molar-refractivity contribution in [2.45, 2.75) is 51.6 Å². The normalized spacial score (nSPS) is 24.2. The van der Waals surface area contributed by atoms with E-state index in [-0.39, 0.29) is 42.5 Å². The van der Waals surface area contributed by atoms with Crippen LogP contribution in [0.1, 0.15) is 49.7 Å². The van der Waals surface area contributed by atoms with Crippen molar-refractivity contribution >= 4 is 17.7 Å². The van der Waals surface area contributed by atoms with Gasteiger partial charge in [0.1, 0.15) is 0 Å². The summed E-state index contributed by atoms with van der Waals surface area (Å²) in [6.07, 6.45) is 9.27. The summed E-state index contributed by atoms with van der Waals surface area (Å²) >= 11 is 0. The lowest BCUT2D eigenvalue weighted by molar-refractivity contribution is -0.140. The molecule has 3 amide bonds. The van der Waals surface area contributed by atoms with E-state index in [1.807, 2.05) is 12.2 Å². The number of benzene rings is 1. The monoisotopic (exact) mass is 409 g/mol. The molecule has 1 N–H and O–H groups in total. The number of carbonyl (C=O) groups is 3. The summed E-state index contributed by atoms with van der Waals surface area (Å²) < 4.78 is 0. The molecule has 2 atom stereocenters. The van der Waals surface area contributed by atoms with Crippen LogP contribution in [0.3, 0.4) is 0 Å². The molecule has 1 aromatic rings. The molecule has 3 aliphatic rings. The first kappa shape index (κ1) is 20.8. The van der Waals surface area contributed by atoms with Crippen LogP contribution in [0.2, 0.25) is 0 Å². The van der Waals surface area contributed by atoms with Crippen molar-refractivity contribution < 1.29 is 14.4 Å². The highest BCUT2D eigenvalue weighted by Crippen LogP contribution is 2.34. The minimum absolute atomic E-state index is 0.119. The first-order valence-corrected chi connectivity index (χ1v) is 11.2. The van der Waals surface area contributed by atoms with Gasteiger partial charge in [-0.25, -0.2) is 0 Å². The molecule has 0 saturated carbocycles. The van der Waals surface area contributed by atoms with E-state index in [1.165, 1.54) is 42.8 Å². The third-order valence-corrected chi connectivity index (χ3v) is 6.53. The predicted octanol–water partition coefficient (Wildman–Crippen LogP) is 2.63. The van der Waals surface area contributed by atoms with Gasteiger partial charge >= 0.3 is 0 Å². The lowest BCUT2D eigenvalue weighted by Gasteiger charge is -2.26. The largest absolute Gasteiger partial charge is 0.352 e. The van der Waals surface area contributed by atoms with Crippen molar-refractivity contribution in [3.05, 3.63) is 47.5 Å². The lowest BCUT2D eigenvalue weighted by atomic mass is 9.85. The van der Waals surface area contributed by atoms with Gasteiger partial charge in [-0.3, -0.25) is 24.2 Å². The molecule has 6 heteroatoms. The maximum Gasteiger partial charge on any atom is 0.233 e. The molecule has 0 radical (unpaired) electrons. The number of fused-ring (bicyclic) bond motifs is 1. The molecule has 30 heavy (non-hydrogen) atoms. The van der Waals surface area contributed by atoms with Crippen LogP contribution in [0, 0.1) is 11.8 Å². The average Bonchev–Trinajstić information content (AvgIpc) is 3.02. The Hall–Kier alpha value is -2.47. The Morgan fingerprint density at radius 2 is 1.50 bits per heavy atom. The molecule has 4 rings (SSSR count). The van der Waals surface area contributed by atoms with Crippen molar-refractivity contribution in [3.63, 3.8) is 0 Å². The van der Waals surface area contributed by atoms with Crippen LogP contribution in [0.5, 0.6) is 0 Å². The van der Waals surface area contributed by atoms with Gasteiger partial charge in [0.25, 0.3) is 0 Å². The van der Waals surface area contributed by atoms with Crippen LogP contribution in [0.4, 0.5) is 0 Å². The van der Waals surface area contributed by atoms with Crippen LogP contribution < -0.4 is 5.32 Å². The summed E-state index contributed by atoms with van der Waals surface area (Å²) in [5.41, 5.74) is 2.35. The smallest absolute Gasteiger partial charge is 0.233 e. The van der Waals surface area contributed by atoms with Gasteiger partial charge in [-0.1, -0.05) is 42.8 Å². The second-order valence-electron chi connectivity index (χ2n) is 8.66. The Labute approximate surface area is 178 Å². The van der Waals surface area contributed by atoms with E-state index < -0.39 is 0 Å². The molecule has 0 bridgehead atoms. The molecule has 2 fully saturated rings. The Morgan fingerprint density at radius 1 is 0.900 bits per heavy atom. The Morgan fingerprint density at radius 3 is 2.13 bits per heavy atom. The number of amides is 3. The molecule has 0 aromatic heterocycles.